The predicted molar refractivity (Wildman–Crippen MR) is 69.9 cm³/mol. The molecule has 0 radical (unpaired) electrons. The fourth-order valence-corrected chi connectivity index (χ4v) is 2.67. The number of likely N-dealkylation sites (N-methyl/N-ethyl adjacent to an activating group) is 1. The van der Waals surface area contributed by atoms with Gasteiger partial charge in [0.2, 0.25) is 0 Å². The van der Waals surface area contributed by atoms with Gasteiger partial charge in [-0.2, -0.15) is 0 Å². The molecule has 1 N–H and O–H groups in total. The molecule has 0 aliphatic carbocycles. The van der Waals surface area contributed by atoms with Crippen LogP contribution in [-0.4, -0.2) is 25.7 Å². The largest absolute Gasteiger partial charge is 0.370 e. The number of hydrogen-bond acceptors (Lipinski definition) is 2. The van der Waals surface area contributed by atoms with Crippen LogP contribution < -0.4 is 10.2 Å². The highest BCUT2D eigenvalue weighted by Crippen LogP contribution is 2.23. The quantitative estimate of drug-likeness (QED) is 0.868. The van der Waals surface area contributed by atoms with E-state index < -0.39 is 0 Å². The Hall–Kier alpha value is -1.09. The third-order valence-electron chi connectivity index (χ3n) is 3.33. The van der Waals surface area contributed by atoms with Crippen molar-refractivity contribution in [1.29, 1.82) is 0 Å². The summed E-state index contributed by atoms with van der Waals surface area (Å²) in [6, 6.07) is 7.42. The highest BCUT2D eigenvalue weighted by atomic mass is 19.1. The highest BCUT2D eigenvalue weighted by Gasteiger charge is 2.24. The molecule has 1 aromatic rings. The van der Waals surface area contributed by atoms with Crippen LogP contribution in [0.5, 0.6) is 0 Å². The van der Waals surface area contributed by atoms with Crippen molar-refractivity contribution in [3.05, 3.63) is 30.1 Å². The number of halogens is 1. The first-order chi connectivity index (χ1) is 8.19. The van der Waals surface area contributed by atoms with E-state index in [1.807, 2.05) is 6.07 Å². The molecule has 1 aliphatic heterocycles. The summed E-state index contributed by atoms with van der Waals surface area (Å²) in [6.07, 6.45) is 1.21. The van der Waals surface area contributed by atoms with Crippen LogP contribution in [-0.2, 0) is 0 Å². The molecule has 94 valence electrons. The van der Waals surface area contributed by atoms with Gasteiger partial charge in [0.25, 0.3) is 0 Å². The van der Waals surface area contributed by atoms with Gasteiger partial charge in [-0.15, -0.1) is 0 Å². The molecular formula is C14H21FN2. The fourth-order valence-electron chi connectivity index (χ4n) is 2.67. The molecule has 2 unspecified atom stereocenters. The van der Waals surface area contributed by atoms with Gasteiger partial charge in [0, 0.05) is 24.8 Å². The molecule has 17 heavy (non-hydrogen) atoms. The van der Waals surface area contributed by atoms with E-state index in [9.17, 15) is 4.39 Å². The van der Waals surface area contributed by atoms with E-state index >= 15 is 0 Å². The third-order valence-corrected chi connectivity index (χ3v) is 3.33. The molecule has 2 rings (SSSR count). The maximum atomic E-state index is 13.2. The molecule has 1 aromatic carbocycles. The summed E-state index contributed by atoms with van der Waals surface area (Å²) in [4.78, 5) is 2.28. The molecule has 2 nitrogen and oxygen atoms in total. The molecule has 1 aliphatic rings. The lowest BCUT2D eigenvalue weighted by Crippen LogP contribution is -2.48. The SMILES string of the molecule is CCNC1CC(C)CN(c2cccc(F)c2)C1. The maximum Gasteiger partial charge on any atom is 0.125 e. The lowest BCUT2D eigenvalue weighted by molar-refractivity contribution is 0.355. The molecule has 1 fully saturated rings. The monoisotopic (exact) mass is 236 g/mol. The van der Waals surface area contributed by atoms with Gasteiger partial charge in [-0.05, 0) is 37.1 Å². The van der Waals surface area contributed by atoms with E-state index in [-0.39, 0.29) is 5.82 Å². The average molecular weight is 236 g/mol. The number of anilines is 1. The maximum absolute atomic E-state index is 13.2. The molecule has 0 aromatic heterocycles. The lowest BCUT2D eigenvalue weighted by atomic mass is 9.95. The Labute approximate surface area is 103 Å². The molecule has 0 spiro atoms. The van der Waals surface area contributed by atoms with Crippen LogP contribution in [0.25, 0.3) is 0 Å². The molecule has 0 amide bonds. The Kier molecular flexibility index (Phi) is 4.00. The number of nitrogens with one attached hydrogen (secondary N) is 1. The van der Waals surface area contributed by atoms with E-state index in [0.29, 0.717) is 12.0 Å². The summed E-state index contributed by atoms with van der Waals surface area (Å²) in [5.74, 6) is 0.497. The minimum atomic E-state index is -0.152. The van der Waals surface area contributed by atoms with E-state index in [4.69, 9.17) is 0 Å². The smallest absolute Gasteiger partial charge is 0.125 e. The zero-order chi connectivity index (χ0) is 12.3. The van der Waals surface area contributed by atoms with Crippen molar-refractivity contribution in [3.63, 3.8) is 0 Å². The van der Waals surface area contributed by atoms with Crippen molar-refractivity contribution >= 4 is 5.69 Å². The predicted octanol–water partition coefficient (Wildman–Crippen LogP) is 2.65. The van der Waals surface area contributed by atoms with Crippen molar-refractivity contribution in [2.24, 2.45) is 5.92 Å². The minimum absolute atomic E-state index is 0.152. The van der Waals surface area contributed by atoms with Gasteiger partial charge >= 0.3 is 0 Å². The molecule has 2 atom stereocenters. The second kappa shape index (κ2) is 5.50. The normalized spacial score (nSPS) is 25.0. The van der Waals surface area contributed by atoms with Crippen LogP contribution in [0.2, 0.25) is 0 Å². The van der Waals surface area contributed by atoms with Gasteiger partial charge in [0.15, 0.2) is 0 Å². The lowest BCUT2D eigenvalue weighted by Gasteiger charge is -2.38. The molecule has 1 saturated heterocycles. The molecule has 0 saturated carbocycles. The standard InChI is InChI=1S/C14H21FN2/c1-3-16-13-7-11(2)9-17(10-13)14-6-4-5-12(15)8-14/h4-6,8,11,13,16H,3,7,9-10H2,1-2H3. The summed E-state index contributed by atoms with van der Waals surface area (Å²) < 4.78 is 13.2. The number of rotatable bonds is 3. The molecule has 1 heterocycles. The van der Waals surface area contributed by atoms with Crippen molar-refractivity contribution in [3.8, 4) is 0 Å². The Morgan fingerprint density at radius 3 is 2.94 bits per heavy atom. The number of benzene rings is 1. The summed E-state index contributed by atoms with van der Waals surface area (Å²) in [5.41, 5.74) is 0.999. The average Bonchev–Trinajstić information content (AvgIpc) is 2.28. The second-order valence-electron chi connectivity index (χ2n) is 4.98. The number of nitrogens with zero attached hydrogens (tertiary/aromatic N) is 1. The first kappa shape index (κ1) is 12.4. The van der Waals surface area contributed by atoms with Crippen molar-refractivity contribution < 1.29 is 4.39 Å². The topological polar surface area (TPSA) is 15.3 Å². The van der Waals surface area contributed by atoms with Gasteiger partial charge < -0.3 is 10.2 Å². The van der Waals surface area contributed by atoms with Gasteiger partial charge in [0.1, 0.15) is 5.82 Å². The Balaban J connectivity index is 2.09. The zero-order valence-corrected chi connectivity index (χ0v) is 10.6. The van der Waals surface area contributed by atoms with Gasteiger partial charge in [-0.25, -0.2) is 4.39 Å². The van der Waals surface area contributed by atoms with Crippen LogP contribution in [0, 0.1) is 11.7 Å². The summed E-state index contributed by atoms with van der Waals surface area (Å²) in [7, 11) is 0. The summed E-state index contributed by atoms with van der Waals surface area (Å²) in [6.45, 7) is 7.38. The first-order valence-electron chi connectivity index (χ1n) is 6.43. The zero-order valence-electron chi connectivity index (χ0n) is 10.6. The van der Waals surface area contributed by atoms with Gasteiger partial charge in [-0.1, -0.05) is 19.9 Å². The van der Waals surface area contributed by atoms with Gasteiger partial charge in [-0.3, -0.25) is 0 Å². The Bertz CT molecular complexity index is 367. The van der Waals surface area contributed by atoms with Crippen LogP contribution in [0.1, 0.15) is 20.3 Å². The highest BCUT2D eigenvalue weighted by molar-refractivity contribution is 5.47. The van der Waals surface area contributed by atoms with E-state index in [1.165, 1.54) is 12.5 Å². The third kappa shape index (κ3) is 3.19. The summed E-state index contributed by atoms with van der Waals surface area (Å²) >= 11 is 0. The van der Waals surface area contributed by atoms with Crippen LogP contribution >= 0.6 is 0 Å². The first-order valence-corrected chi connectivity index (χ1v) is 6.43. The minimum Gasteiger partial charge on any atom is -0.370 e. The Morgan fingerprint density at radius 2 is 2.24 bits per heavy atom. The van der Waals surface area contributed by atoms with Gasteiger partial charge in [0.05, 0.1) is 0 Å². The molecular weight excluding hydrogens is 215 g/mol. The van der Waals surface area contributed by atoms with Crippen molar-refractivity contribution in [2.75, 3.05) is 24.5 Å². The van der Waals surface area contributed by atoms with E-state index in [1.54, 1.807) is 12.1 Å². The van der Waals surface area contributed by atoms with Crippen LogP contribution in [0.15, 0.2) is 24.3 Å². The second-order valence-corrected chi connectivity index (χ2v) is 4.98. The number of piperidine rings is 1. The van der Waals surface area contributed by atoms with Crippen molar-refractivity contribution in [2.45, 2.75) is 26.3 Å². The van der Waals surface area contributed by atoms with E-state index in [0.717, 1.165) is 25.3 Å². The van der Waals surface area contributed by atoms with E-state index in [2.05, 4.69) is 24.1 Å². The number of hydrogen-bond donors (Lipinski definition) is 1. The molecule has 0 bridgehead atoms. The molecule has 3 heteroatoms. The fraction of sp³-hybridized carbons (Fsp3) is 0.571. The van der Waals surface area contributed by atoms with Crippen molar-refractivity contribution in [1.82, 2.24) is 5.32 Å². The van der Waals surface area contributed by atoms with Crippen LogP contribution in [0.4, 0.5) is 10.1 Å². The van der Waals surface area contributed by atoms with Crippen LogP contribution in [0.3, 0.4) is 0 Å². The Morgan fingerprint density at radius 1 is 1.41 bits per heavy atom. The summed E-state index contributed by atoms with van der Waals surface area (Å²) in [5, 5.41) is 3.49.